The number of hydrogen-bond donors (Lipinski definition) is 1. The van der Waals surface area contributed by atoms with Crippen molar-refractivity contribution < 1.29 is 0 Å². The highest BCUT2D eigenvalue weighted by Gasteiger charge is 2.13. The number of pyridine rings is 1. The summed E-state index contributed by atoms with van der Waals surface area (Å²) in [6.45, 7) is 4.86. The van der Waals surface area contributed by atoms with Gasteiger partial charge in [0.25, 0.3) is 0 Å². The zero-order valence-electron chi connectivity index (χ0n) is 11.7. The lowest BCUT2D eigenvalue weighted by molar-refractivity contribution is 0.923. The van der Waals surface area contributed by atoms with Gasteiger partial charge in [0.15, 0.2) is 0 Å². The Balaban J connectivity index is 1.66. The molecule has 20 heavy (non-hydrogen) atoms. The van der Waals surface area contributed by atoms with Crippen LogP contribution < -0.4 is 10.2 Å². The van der Waals surface area contributed by atoms with Crippen LogP contribution in [0.2, 0.25) is 0 Å². The van der Waals surface area contributed by atoms with E-state index in [9.17, 15) is 0 Å². The molecule has 0 spiro atoms. The van der Waals surface area contributed by atoms with Crippen LogP contribution in [0.3, 0.4) is 0 Å². The van der Waals surface area contributed by atoms with Crippen LogP contribution >= 0.6 is 0 Å². The van der Waals surface area contributed by atoms with Crippen molar-refractivity contribution in [3.63, 3.8) is 0 Å². The third-order valence-electron chi connectivity index (χ3n) is 3.48. The molecule has 5 heteroatoms. The van der Waals surface area contributed by atoms with E-state index in [-0.39, 0.29) is 0 Å². The fourth-order valence-corrected chi connectivity index (χ4v) is 2.44. The van der Waals surface area contributed by atoms with Crippen LogP contribution in [0.4, 0.5) is 11.6 Å². The summed E-state index contributed by atoms with van der Waals surface area (Å²) >= 11 is 0. The van der Waals surface area contributed by atoms with Gasteiger partial charge in [-0.05, 0) is 31.9 Å². The van der Waals surface area contributed by atoms with Crippen molar-refractivity contribution in [2.75, 3.05) is 23.3 Å². The third kappa shape index (κ3) is 3.04. The number of aromatic nitrogens is 3. The Labute approximate surface area is 119 Å². The van der Waals surface area contributed by atoms with Crippen molar-refractivity contribution in [2.45, 2.75) is 26.3 Å². The summed E-state index contributed by atoms with van der Waals surface area (Å²) in [4.78, 5) is 15.4. The average molecular weight is 269 g/mol. The number of rotatable bonds is 4. The first-order valence-corrected chi connectivity index (χ1v) is 7.05. The third-order valence-corrected chi connectivity index (χ3v) is 3.48. The molecule has 0 bridgehead atoms. The van der Waals surface area contributed by atoms with Gasteiger partial charge in [0.2, 0.25) is 0 Å². The zero-order chi connectivity index (χ0) is 13.8. The van der Waals surface area contributed by atoms with Gasteiger partial charge in [0, 0.05) is 24.8 Å². The Kier molecular flexibility index (Phi) is 3.76. The van der Waals surface area contributed by atoms with Gasteiger partial charge in [-0.15, -0.1) is 0 Å². The van der Waals surface area contributed by atoms with Gasteiger partial charge in [-0.25, -0.2) is 9.97 Å². The van der Waals surface area contributed by atoms with E-state index >= 15 is 0 Å². The molecule has 0 atom stereocenters. The van der Waals surface area contributed by atoms with Crippen molar-refractivity contribution in [3.8, 4) is 0 Å². The van der Waals surface area contributed by atoms with E-state index in [4.69, 9.17) is 0 Å². The van der Waals surface area contributed by atoms with Gasteiger partial charge < -0.3 is 10.2 Å². The smallest absolute Gasteiger partial charge is 0.134 e. The molecule has 5 nitrogen and oxygen atoms in total. The Morgan fingerprint density at radius 2 is 2.05 bits per heavy atom. The predicted molar refractivity (Wildman–Crippen MR) is 79.8 cm³/mol. The van der Waals surface area contributed by atoms with E-state index in [0.717, 1.165) is 36.1 Å². The summed E-state index contributed by atoms with van der Waals surface area (Å²) in [7, 11) is 0. The molecule has 0 saturated carbocycles. The van der Waals surface area contributed by atoms with Crippen LogP contribution in [0.1, 0.15) is 24.2 Å². The first kappa shape index (κ1) is 12.8. The molecule has 1 N–H and O–H groups in total. The maximum absolute atomic E-state index is 4.47. The molecule has 0 radical (unpaired) electrons. The Hall–Kier alpha value is -2.17. The minimum Gasteiger partial charge on any atom is -0.364 e. The van der Waals surface area contributed by atoms with E-state index in [1.807, 2.05) is 31.2 Å². The molecule has 3 rings (SSSR count). The second kappa shape index (κ2) is 5.86. The van der Waals surface area contributed by atoms with Crippen LogP contribution in [0.15, 0.2) is 30.6 Å². The number of nitrogens with zero attached hydrogens (tertiary/aromatic N) is 4. The van der Waals surface area contributed by atoms with Gasteiger partial charge in [0.05, 0.1) is 12.2 Å². The molecular weight excluding hydrogens is 250 g/mol. The molecule has 2 aromatic rings. The maximum atomic E-state index is 4.47. The molecule has 1 aliphatic rings. The number of nitrogens with one attached hydrogen (secondary N) is 1. The molecule has 1 fully saturated rings. The van der Waals surface area contributed by atoms with E-state index in [1.165, 1.54) is 12.8 Å². The lowest BCUT2D eigenvalue weighted by atomic mass is 10.3. The molecule has 3 heterocycles. The van der Waals surface area contributed by atoms with Gasteiger partial charge >= 0.3 is 0 Å². The highest BCUT2D eigenvalue weighted by molar-refractivity contribution is 5.49. The summed E-state index contributed by atoms with van der Waals surface area (Å²) < 4.78 is 0. The standard InChI is InChI=1S/C15H19N5/c1-12-5-4-6-13(19-12)10-16-14-9-15(18-11-17-14)20-7-2-3-8-20/h4-6,9,11H,2-3,7-8,10H2,1H3,(H,16,17,18). The summed E-state index contributed by atoms with van der Waals surface area (Å²) in [5.74, 6) is 1.86. The van der Waals surface area contributed by atoms with E-state index in [2.05, 4.69) is 25.2 Å². The van der Waals surface area contributed by atoms with Crippen molar-refractivity contribution in [1.29, 1.82) is 0 Å². The second-order valence-electron chi connectivity index (χ2n) is 5.08. The average Bonchev–Trinajstić information content (AvgIpc) is 3.00. The second-order valence-corrected chi connectivity index (χ2v) is 5.08. The van der Waals surface area contributed by atoms with Crippen LogP contribution in [0, 0.1) is 6.92 Å². The fraction of sp³-hybridized carbons (Fsp3) is 0.400. The largest absolute Gasteiger partial charge is 0.364 e. The fourth-order valence-electron chi connectivity index (χ4n) is 2.44. The number of aryl methyl sites for hydroxylation is 1. The lowest BCUT2D eigenvalue weighted by Gasteiger charge is -2.16. The molecule has 104 valence electrons. The van der Waals surface area contributed by atoms with Crippen molar-refractivity contribution >= 4 is 11.6 Å². The predicted octanol–water partition coefficient (Wildman–Crippen LogP) is 2.39. The Morgan fingerprint density at radius 1 is 1.20 bits per heavy atom. The van der Waals surface area contributed by atoms with E-state index < -0.39 is 0 Å². The summed E-state index contributed by atoms with van der Waals surface area (Å²) in [5.41, 5.74) is 2.05. The van der Waals surface area contributed by atoms with Gasteiger partial charge in [0.1, 0.15) is 18.0 Å². The molecule has 2 aromatic heterocycles. The van der Waals surface area contributed by atoms with Crippen LogP contribution in [-0.4, -0.2) is 28.0 Å². The summed E-state index contributed by atoms with van der Waals surface area (Å²) in [6, 6.07) is 8.05. The monoisotopic (exact) mass is 269 g/mol. The molecule has 0 amide bonds. The number of hydrogen-bond acceptors (Lipinski definition) is 5. The summed E-state index contributed by atoms with van der Waals surface area (Å²) in [6.07, 6.45) is 4.12. The quantitative estimate of drug-likeness (QED) is 0.923. The SMILES string of the molecule is Cc1cccc(CNc2cc(N3CCCC3)ncn2)n1. The van der Waals surface area contributed by atoms with Gasteiger partial charge in [-0.3, -0.25) is 4.98 Å². The Bertz CT molecular complexity index is 578. The zero-order valence-corrected chi connectivity index (χ0v) is 11.7. The van der Waals surface area contributed by atoms with Crippen molar-refractivity contribution in [2.24, 2.45) is 0 Å². The first-order valence-electron chi connectivity index (χ1n) is 7.05. The molecule has 1 saturated heterocycles. The lowest BCUT2D eigenvalue weighted by Crippen LogP contribution is -2.19. The highest BCUT2D eigenvalue weighted by Crippen LogP contribution is 2.19. The van der Waals surface area contributed by atoms with Crippen LogP contribution in [0.5, 0.6) is 0 Å². The van der Waals surface area contributed by atoms with Gasteiger partial charge in [-0.1, -0.05) is 6.07 Å². The van der Waals surface area contributed by atoms with Gasteiger partial charge in [-0.2, -0.15) is 0 Å². The normalized spacial score (nSPS) is 14.6. The summed E-state index contributed by atoms with van der Waals surface area (Å²) in [5, 5.41) is 3.31. The van der Waals surface area contributed by atoms with Crippen LogP contribution in [0.25, 0.3) is 0 Å². The van der Waals surface area contributed by atoms with Crippen molar-refractivity contribution in [1.82, 2.24) is 15.0 Å². The maximum Gasteiger partial charge on any atom is 0.134 e. The first-order chi connectivity index (χ1) is 9.81. The number of anilines is 2. The van der Waals surface area contributed by atoms with Crippen LogP contribution in [-0.2, 0) is 6.54 Å². The topological polar surface area (TPSA) is 53.9 Å². The molecule has 0 aromatic carbocycles. The Morgan fingerprint density at radius 3 is 2.85 bits per heavy atom. The van der Waals surface area contributed by atoms with Crippen molar-refractivity contribution in [3.05, 3.63) is 42.0 Å². The molecular formula is C15H19N5. The minimum atomic E-state index is 0.679. The highest BCUT2D eigenvalue weighted by atomic mass is 15.2. The van der Waals surface area contributed by atoms with E-state index in [0.29, 0.717) is 6.54 Å². The van der Waals surface area contributed by atoms with E-state index in [1.54, 1.807) is 6.33 Å². The molecule has 1 aliphatic heterocycles. The molecule has 0 aliphatic carbocycles. The molecule has 0 unspecified atom stereocenters. The minimum absolute atomic E-state index is 0.679.